The number of nitriles is 1. The van der Waals surface area contributed by atoms with Crippen molar-refractivity contribution in [1.29, 1.82) is 5.26 Å². The number of hydrogen-bond donors (Lipinski definition) is 1. The van der Waals surface area contributed by atoms with Gasteiger partial charge in [0.1, 0.15) is 6.07 Å². The summed E-state index contributed by atoms with van der Waals surface area (Å²) < 4.78 is 0. The molecule has 46 valence electrons. The average Bonchev–Trinajstić information content (AvgIpc) is 2.15. The molecule has 0 aliphatic rings. The van der Waals surface area contributed by atoms with Crippen LogP contribution in [0.15, 0.2) is 6.20 Å². The third kappa shape index (κ3) is 0.812. The molecule has 9 heavy (non-hydrogen) atoms. The van der Waals surface area contributed by atoms with Crippen molar-refractivity contribution in [3.05, 3.63) is 23.0 Å². The Kier molecular flexibility index (Phi) is 1.27. The maximum absolute atomic E-state index is 8.46. The van der Waals surface area contributed by atoms with Crippen molar-refractivity contribution >= 4 is 0 Å². The lowest BCUT2D eigenvalue weighted by molar-refractivity contribution is 1.23. The van der Waals surface area contributed by atoms with Crippen molar-refractivity contribution in [3.8, 4) is 6.07 Å². The Morgan fingerprint density at radius 1 is 1.56 bits per heavy atom. The maximum atomic E-state index is 8.46. The van der Waals surface area contributed by atoms with Crippen molar-refractivity contribution in [2.75, 3.05) is 0 Å². The van der Waals surface area contributed by atoms with Crippen molar-refractivity contribution in [3.63, 3.8) is 0 Å². The Morgan fingerprint density at radius 3 is 2.44 bits per heavy atom. The molecule has 1 rings (SSSR count). The van der Waals surface area contributed by atoms with Gasteiger partial charge >= 0.3 is 0 Å². The molecule has 0 aliphatic carbocycles. The monoisotopic (exact) mass is 120 g/mol. The molecule has 0 aliphatic heterocycles. The quantitative estimate of drug-likeness (QED) is 0.553. The zero-order valence-corrected chi connectivity index (χ0v) is 5.52. The number of nitrogens with one attached hydrogen (secondary N) is 1. The minimum Gasteiger partial charge on any atom is -0.364 e. The van der Waals surface area contributed by atoms with Crippen LogP contribution in [0.3, 0.4) is 0 Å². The van der Waals surface area contributed by atoms with Crippen LogP contribution in [0.1, 0.15) is 16.8 Å². The van der Waals surface area contributed by atoms with E-state index in [9.17, 15) is 0 Å². The minimum absolute atomic E-state index is 0.743. The van der Waals surface area contributed by atoms with Gasteiger partial charge in [-0.3, -0.25) is 0 Å². The van der Waals surface area contributed by atoms with E-state index in [1.54, 1.807) is 6.20 Å². The normalized spacial score (nSPS) is 9.00. The van der Waals surface area contributed by atoms with Crippen LogP contribution in [0, 0.1) is 25.2 Å². The Labute approximate surface area is 54.1 Å². The molecule has 0 fully saturated rings. The lowest BCUT2D eigenvalue weighted by Crippen LogP contribution is -1.74. The molecule has 2 heteroatoms. The molecule has 0 radical (unpaired) electrons. The number of H-pyrrole nitrogens is 1. The van der Waals surface area contributed by atoms with E-state index in [2.05, 4.69) is 11.1 Å². The van der Waals surface area contributed by atoms with Crippen LogP contribution in [0.4, 0.5) is 0 Å². The van der Waals surface area contributed by atoms with Gasteiger partial charge in [-0.15, -0.1) is 0 Å². The van der Waals surface area contributed by atoms with Crippen molar-refractivity contribution in [2.24, 2.45) is 0 Å². The molecule has 0 unspecified atom stereocenters. The highest BCUT2D eigenvalue weighted by atomic mass is 14.7. The van der Waals surface area contributed by atoms with Crippen LogP contribution in [0.2, 0.25) is 0 Å². The highest BCUT2D eigenvalue weighted by molar-refractivity contribution is 5.38. The zero-order chi connectivity index (χ0) is 6.85. The summed E-state index contributed by atoms with van der Waals surface area (Å²) in [6.45, 7) is 3.89. The molecule has 0 spiro atoms. The van der Waals surface area contributed by atoms with E-state index < -0.39 is 0 Å². The van der Waals surface area contributed by atoms with E-state index in [0.717, 1.165) is 16.8 Å². The van der Waals surface area contributed by atoms with Gasteiger partial charge in [0.15, 0.2) is 0 Å². The predicted octanol–water partition coefficient (Wildman–Crippen LogP) is 1.50. The predicted molar refractivity (Wildman–Crippen MR) is 35.0 cm³/mol. The van der Waals surface area contributed by atoms with Gasteiger partial charge in [0.05, 0.1) is 5.56 Å². The highest BCUT2D eigenvalue weighted by Crippen LogP contribution is 2.08. The number of nitrogens with zero attached hydrogens (tertiary/aromatic N) is 1. The summed E-state index contributed by atoms with van der Waals surface area (Å²) in [5, 5.41) is 8.46. The largest absolute Gasteiger partial charge is 0.364 e. The van der Waals surface area contributed by atoms with E-state index >= 15 is 0 Å². The maximum Gasteiger partial charge on any atom is 0.101 e. The number of aromatic amines is 1. The van der Waals surface area contributed by atoms with Crippen LogP contribution >= 0.6 is 0 Å². The summed E-state index contributed by atoms with van der Waals surface area (Å²) in [5.41, 5.74) is 2.87. The second-order valence-electron chi connectivity index (χ2n) is 2.06. The van der Waals surface area contributed by atoms with Crippen LogP contribution in [0.5, 0.6) is 0 Å². The summed E-state index contributed by atoms with van der Waals surface area (Å²) in [4.78, 5) is 2.97. The first-order valence-electron chi connectivity index (χ1n) is 2.80. The SMILES string of the molecule is Cc1[nH]cc(C#N)c1C. The van der Waals surface area contributed by atoms with Crippen LogP contribution < -0.4 is 0 Å². The molecular formula is C7H8N2. The molecule has 0 bridgehead atoms. The molecule has 1 aromatic rings. The van der Waals surface area contributed by atoms with Gasteiger partial charge in [-0.25, -0.2) is 0 Å². The Morgan fingerprint density at radius 2 is 2.22 bits per heavy atom. The summed E-state index contributed by atoms with van der Waals surface area (Å²) in [5.74, 6) is 0. The van der Waals surface area contributed by atoms with Crippen LogP contribution in [0.25, 0.3) is 0 Å². The zero-order valence-electron chi connectivity index (χ0n) is 5.52. The van der Waals surface area contributed by atoms with Gasteiger partial charge < -0.3 is 4.98 Å². The molecule has 1 aromatic heterocycles. The Hall–Kier alpha value is -1.23. The third-order valence-corrected chi connectivity index (χ3v) is 1.52. The fourth-order valence-corrected chi connectivity index (χ4v) is 0.715. The molecule has 0 amide bonds. The highest BCUT2D eigenvalue weighted by Gasteiger charge is 1.99. The molecule has 0 saturated heterocycles. The lowest BCUT2D eigenvalue weighted by Gasteiger charge is -1.84. The van der Waals surface area contributed by atoms with Crippen LogP contribution in [-0.2, 0) is 0 Å². The van der Waals surface area contributed by atoms with Gasteiger partial charge in [0, 0.05) is 11.9 Å². The van der Waals surface area contributed by atoms with Crippen LogP contribution in [-0.4, -0.2) is 4.98 Å². The molecule has 1 heterocycles. The fourth-order valence-electron chi connectivity index (χ4n) is 0.715. The lowest BCUT2D eigenvalue weighted by atomic mass is 10.2. The molecular weight excluding hydrogens is 112 g/mol. The van der Waals surface area contributed by atoms with Gasteiger partial charge in [-0.1, -0.05) is 0 Å². The first-order chi connectivity index (χ1) is 4.25. The molecule has 1 N–H and O–H groups in total. The molecule has 0 saturated carbocycles. The standard InChI is InChI=1S/C7H8N2/c1-5-6(2)9-4-7(5)3-8/h4,9H,1-2H3. The van der Waals surface area contributed by atoms with Gasteiger partial charge in [-0.05, 0) is 19.4 Å². The van der Waals surface area contributed by atoms with Crippen molar-refractivity contribution in [1.82, 2.24) is 4.98 Å². The van der Waals surface area contributed by atoms with Gasteiger partial charge in [0.2, 0.25) is 0 Å². The molecule has 2 nitrogen and oxygen atoms in total. The van der Waals surface area contributed by atoms with E-state index in [1.165, 1.54) is 0 Å². The van der Waals surface area contributed by atoms with E-state index in [4.69, 9.17) is 5.26 Å². The Balaban J connectivity index is 3.24. The van der Waals surface area contributed by atoms with Gasteiger partial charge in [0.25, 0.3) is 0 Å². The molecule has 0 atom stereocenters. The second-order valence-corrected chi connectivity index (χ2v) is 2.06. The van der Waals surface area contributed by atoms with Gasteiger partial charge in [-0.2, -0.15) is 5.26 Å². The fraction of sp³-hybridized carbons (Fsp3) is 0.286. The number of aromatic nitrogens is 1. The smallest absolute Gasteiger partial charge is 0.101 e. The number of aryl methyl sites for hydroxylation is 1. The van der Waals surface area contributed by atoms with E-state index in [-0.39, 0.29) is 0 Å². The van der Waals surface area contributed by atoms with Crippen molar-refractivity contribution in [2.45, 2.75) is 13.8 Å². The average molecular weight is 120 g/mol. The first kappa shape index (κ1) is 5.90. The summed E-state index contributed by atoms with van der Waals surface area (Å²) in [7, 11) is 0. The number of rotatable bonds is 0. The number of hydrogen-bond acceptors (Lipinski definition) is 1. The summed E-state index contributed by atoms with van der Waals surface area (Å²) in [6.07, 6.45) is 1.73. The van der Waals surface area contributed by atoms with E-state index in [0.29, 0.717) is 0 Å². The Bertz CT molecular complexity index is 252. The van der Waals surface area contributed by atoms with Crippen molar-refractivity contribution < 1.29 is 0 Å². The van der Waals surface area contributed by atoms with E-state index in [1.807, 2.05) is 13.8 Å². The topological polar surface area (TPSA) is 39.6 Å². The summed E-state index contributed by atoms with van der Waals surface area (Å²) in [6, 6.07) is 2.08. The summed E-state index contributed by atoms with van der Waals surface area (Å²) >= 11 is 0. The second kappa shape index (κ2) is 1.94. The minimum atomic E-state index is 0.743. The third-order valence-electron chi connectivity index (χ3n) is 1.52. The first-order valence-corrected chi connectivity index (χ1v) is 2.80. The molecule has 0 aromatic carbocycles.